The second-order valence-electron chi connectivity index (χ2n) is 6.02. The summed E-state index contributed by atoms with van der Waals surface area (Å²) in [5, 5.41) is 7.81. The van der Waals surface area contributed by atoms with Gasteiger partial charge in [0.1, 0.15) is 5.01 Å². The number of nitrogens with zero attached hydrogens (tertiary/aromatic N) is 3. The fraction of sp³-hybridized carbons (Fsp3) is 0.474. The van der Waals surface area contributed by atoms with Gasteiger partial charge in [-0.3, -0.25) is 4.99 Å². The van der Waals surface area contributed by atoms with Gasteiger partial charge in [0.15, 0.2) is 5.96 Å². The van der Waals surface area contributed by atoms with E-state index in [9.17, 15) is 0 Å². The second-order valence-corrected chi connectivity index (χ2v) is 7.31. The van der Waals surface area contributed by atoms with Gasteiger partial charge in [-0.15, -0.1) is 35.3 Å². The van der Waals surface area contributed by atoms with E-state index in [1.807, 2.05) is 6.92 Å². The van der Waals surface area contributed by atoms with Crippen LogP contribution in [-0.4, -0.2) is 37.6 Å². The van der Waals surface area contributed by atoms with E-state index < -0.39 is 0 Å². The Morgan fingerprint density at radius 3 is 2.58 bits per heavy atom. The van der Waals surface area contributed by atoms with Crippen LogP contribution in [0, 0.1) is 20.8 Å². The fourth-order valence-electron chi connectivity index (χ4n) is 2.60. The molecule has 2 rings (SSSR count). The number of halogens is 1. The van der Waals surface area contributed by atoms with Crippen molar-refractivity contribution in [3.05, 3.63) is 45.4 Å². The summed E-state index contributed by atoms with van der Waals surface area (Å²) in [5.74, 6) is 0.811. The summed E-state index contributed by atoms with van der Waals surface area (Å²) < 4.78 is 0. The number of aryl methyl sites for hydroxylation is 3. The summed E-state index contributed by atoms with van der Waals surface area (Å²) in [6.45, 7) is 11.9. The molecule has 0 atom stereocenters. The van der Waals surface area contributed by atoms with Crippen LogP contribution in [0.2, 0.25) is 0 Å². The second kappa shape index (κ2) is 11.4. The van der Waals surface area contributed by atoms with Crippen molar-refractivity contribution in [2.75, 3.05) is 31.6 Å². The monoisotopic (exact) mass is 487 g/mol. The van der Waals surface area contributed by atoms with Gasteiger partial charge >= 0.3 is 0 Å². The number of aliphatic imine (C=N–C) groups is 1. The number of hydrogen-bond donors (Lipinski definition) is 2. The third-order valence-corrected chi connectivity index (χ3v) is 5.20. The van der Waals surface area contributed by atoms with Crippen molar-refractivity contribution in [1.29, 1.82) is 0 Å². The highest BCUT2D eigenvalue weighted by Crippen LogP contribution is 2.16. The Labute approximate surface area is 178 Å². The lowest BCUT2D eigenvalue weighted by atomic mass is 10.2. The molecule has 2 N–H and O–H groups in total. The van der Waals surface area contributed by atoms with Crippen molar-refractivity contribution in [3.63, 3.8) is 0 Å². The van der Waals surface area contributed by atoms with Crippen molar-refractivity contribution >= 4 is 47.0 Å². The molecule has 0 fully saturated rings. The molecule has 144 valence electrons. The van der Waals surface area contributed by atoms with E-state index in [4.69, 9.17) is 0 Å². The SMILES string of the molecule is CCN(CCNC(=NC)NCc1nc(C)c(C)s1)c1cccc(C)c1.I. The Morgan fingerprint density at radius 1 is 1.23 bits per heavy atom. The number of guanidine groups is 1. The molecule has 26 heavy (non-hydrogen) atoms. The maximum absolute atomic E-state index is 4.55. The van der Waals surface area contributed by atoms with Crippen LogP contribution in [-0.2, 0) is 6.54 Å². The summed E-state index contributed by atoms with van der Waals surface area (Å²) in [7, 11) is 1.80. The first-order valence-corrected chi connectivity index (χ1v) is 9.54. The quantitative estimate of drug-likeness (QED) is 0.354. The Kier molecular flexibility index (Phi) is 9.93. The summed E-state index contributed by atoms with van der Waals surface area (Å²) in [6.07, 6.45) is 0. The minimum absolute atomic E-state index is 0. The van der Waals surface area contributed by atoms with Gasteiger partial charge in [-0.1, -0.05) is 12.1 Å². The van der Waals surface area contributed by atoms with Crippen LogP contribution in [0.15, 0.2) is 29.3 Å². The fourth-order valence-corrected chi connectivity index (χ4v) is 3.47. The van der Waals surface area contributed by atoms with Crippen molar-refractivity contribution < 1.29 is 0 Å². The number of aromatic nitrogens is 1. The Balaban J connectivity index is 0.00000338. The Morgan fingerprint density at radius 2 is 2.00 bits per heavy atom. The summed E-state index contributed by atoms with van der Waals surface area (Å²) in [5.41, 5.74) is 3.66. The van der Waals surface area contributed by atoms with Gasteiger partial charge < -0.3 is 15.5 Å². The van der Waals surface area contributed by atoms with Gasteiger partial charge in [0.2, 0.25) is 0 Å². The molecule has 1 aromatic heterocycles. The number of anilines is 1. The minimum atomic E-state index is 0. The molecule has 0 bridgehead atoms. The average Bonchev–Trinajstić information content (AvgIpc) is 2.92. The van der Waals surface area contributed by atoms with Crippen molar-refractivity contribution in [3.8, 4) is 0 Å². The normalized spacial score (nSPS) is 11.0. The average molecular weight is 487 g/mol. The zero-order valence-electron chi connectivity index (χ0n) is 16.3. The number of hydrogen-bond acceptors (Lipinski definition) is 4. The largest absolute Gasteiger partial charge is 0.370 e. The van der Waals surface area contributed by atoms with Gasteiger partial charge in [-0.25, -0.2) is 4.98 Å². The van der Waals surface area contributed by atoms with E-state index >= 15 is 0 Å². The van der Waals surface area contributed by atoms with E-state index in [2.05, 4.69) is 70.5 Å². The molecule has 2 aromatic rings. The molecule has 0 spiro atoms. The van der Waals surface area contributed by atoms with Crippen LogP contribution in [0.3, 0.4) is 0 Å². The van der Waals surface area contributed by atoms with Crippen LogP contribution in [0.25, 0.3) is 0 Å². The zero-order chi connectivity index (χ0) is 18.2. The topological polar surface area (TPSA) is 52.5 Å². The zero-order valence-corrected chi connectivity index (χ0v) is 19.4. The first-order chi connectivity index (χ1) is 12.0. The first-order valence-electron chi connectivity index (χ1n) is 8.72. The van der Waals surface area contributed by atoms with E-state index in [-0.39, 0.29) is 24.0 Å². The van der Waals surface area contributed by atoms with Crippen LogP contribution < -0.4 is 15.5 Å². The predicted octanol–water partition coefficient (Wildman–Crippen LogP) is 3.88. The van der Waals surface area contributed by atoms with Gasteiger partial charge in [-0.2, -0.15) is 0 Å². The summed E-state index contributed by atoms with van der Waals surface area (Å²) in [6, 6.07) is 8.63. The van der Waals surface area contributed by atoms with E-state index in [0.29, 0.717) is 6.54 Å². The number of thiazole rings is 1. The van der Waals surface area contributed by atoms with Crippen LogP contribution in [0.1, 0.15) is 28.1 Å². The van der Waals surface area contributed by atoms with Crippen molar-refractivity contribution in [2.24, 2.45) is 4.99 Å². The smallest absolute Gasteiger partial charge is 0.191 e. The molecule has 1 aromatic carbocycles. The summed E-state index contributed by atoms with van der Waals surface area (Å²) in [4.78, 5) is 12.5. The Hall–Kier alpha value is -1.35. The van der Waals surface area contributed by atoms with Crippen LogP contribution in [0.5, 0.6) is 0 Å². The Bertz CT molecular complexity index is 694. The summed E-state index contributed by atoms with van der Waals surface area (Å²) >= 11 is 1.73. The van der Waals surface area contributed by atoms with Crippen molar-refractivity contribution in [1.82, 2.24) is 15.6 Å². The van der Waals surface area contributed by atoms with E-state index in [1.165, 1.54) is 16.1 Å². The lowest BCUT2D eigenvalue weighted by Crippen LogP contribution is -2.41. The van der Waals surface area contributed by atoms with Crippen LogP contribution in [0.4, 0.5) is 5.69 Å². The number of rotatable bonds is 7. The molecule has 0 radical (unpaired) electrons. The third-order valence-electron chi connectivity index (χ3n) is 4.13. The molecule has 0 aliphatic carbocycles. The molecular formula is C19H30IN5S. The van der Waals surface area contributed by atoms with Gasteiger partial charge in [0, 0.05) is 37.2 Å². The predicted molar refractivity (Wildman–Crippen MR) is 124 cm³/mol. The lowest BCUT2D eigenvalue weighted by molar-refractivity contribution is 0.748. The minimum Gasteiger partial charge on any atom is -0.370 e. The molecule has 0 unspecified atom stereocenters. The molecule has 7 heteroatoms. The first kappa shape index (κ1) is 22.7. The van der Waals surface area contributed by atoms with E-state index in [1.54, 1.807) is 18.4 Å². The third kappa shape index (κ3) is 6.75. The highest BCUT2D eigenvalue weighted by molar-refractivity contribution is 14.0. The molecule has 5 nitrogen and oxygen atoms in total. The van der Waals surface area contributed by atoms with Gasteiger partial charge in [0.25, 0.3) is 0 Å². The van der Waals surface area contributed by atoms with Gasteiger partial charge in [-0.05, 0) is 45.4 Å². The lowest BCUT2D eigenvalue weighted by Gasteiger charge is -2.24. The van der Waals surface area contributed by atoms with E-state index in [0.717, 1.165) is 36.3 Å². The number of nitrogens with one attached hydrogen (secondary N) is 2. The molecule has 0 saturated carbocycles. The van der Waals surface area contributed by atoms with Crippen LogP contribution >= 0.6 is 35.3 Å². The maximum Gasteiger partial charge on any atom is 0.191 e. The number of benzene rings is 1. The van der Waals surface area contributed by atoms with Gasteiger partial charge in [0.05, 0.1) is 12.2 Å². The molecule has 0 amide bonds. The molecule has 0 aliphatic heterocycles. The molecular weight excluding hydrogens is 457 g/mol. The highest BCUT2D eigenvalue weighted by atomic mass is 127. The molecule has 0 aliphatic rings. The molecule has 1 heterocycles. The highest BCUT2D eigenvalue weighted by Gasteiger charge is 2.07. The molecule has 0 saturated heterocycles. The van der Waals surface area contributed by atoms with Crippen molar-refractivity contribution in [2.45, 2.75) is 34.2 Å². The number of likely N-dealkylation sites (N-methyl/N-ethyl adjacent to an activating group) is 1. The maximum atomic E-state index is 4.55. The standard InChI is InChI=1S/C19H29N5S.HI/c1-6-24(17-9-7-8-14(2)12-17)11-10-21-19(20-5)22-13-18-23-15(3)16(4)25-18;/h7-9,12H,6,10-11,13H2,1-5H3,(H2,20,21,22);1H.